The van der Waals surface area contributed by atoms with Gasteiger partial charge in [-0.1, -0.05) is 36.7 Å². The molecule has 0 amide bonds. The van der Waals surface area contributed by atoms with Gasteiger partial charge < -0.3 is 0 Å². The van der Waals surface area contributed by atoms with Crippen molar-refractivity contribution in [2.45, 2.75) is 24.8 Å². The summed E-state index contributed by atoms with van der Waals surface area (Å²) in [4.78, 5) is 4.34. The Morgan fingerprint density at radius 3 is 2.23 bits per heavy atom. The van der Waals surface area contributed by atoms with Gasteiger partial charge in [0.25, 0.3) is 10.0 Å². The molecule has 0 saturated carbocycles. The summed E-state index contributed by atoms with van der Waals surface area (Å²) in [6, 6.07) is 17.4. The summed E-state index contributed by atoms with van der Waals surface area (Å²) in [5.41, 5.74) is 2.45. The average molecular weight is 387 g/mol. The van der Waals surface area contributed by atoms with Crippen LogP contribution in [-0.4, -0.2) is 13.4 Å². The molecule has 0 aliphatic carbocycles. The number of anilines is 1. The van der Waals surface area contributed by atoms with E-state index in [1.807, 2.05) is 25.1 Å². The molecule has 134 valence electrons. The largest absolute Gasteiger partial charge is 0.264 e. The third kappa shape index (κ3) is 4.06. The molecule has 0 saturated heterocycles. The van der Waals surface area contributed by atoms with Crippen molar-refractivity contribution >= 4 is 27.3 Å². The van der Waals surface area contributed by atoms with Crippen LogP contribution in [0.5, 0.6) is 0 Å². The maximum Gasteiger partial charge on any atom is 0.264 e. The Morgan fingerprint density at radius 2 is 1.65 bits per heavy atom. The molecule has 0 fully saturated rings. The normalized spacial score (nSPS) is 11.3. The molecule has 0 N–H and O–H groups in total. The van der Waals surface area contributed by atoms with E-state index in [0.717, 1.165) is 17.5 Å². The van der Waals surface area contributed by atoms with Crippen LogP contribution in [0.25, 0.3) is 0 Å². The van der Waals surface area contributed by atoms with Gasteiger partial charge in [-0.2, -0.15) is 0 Å². The Kier molecular flexibility index (Phi) is 5.59. The molecule has 1 aromatic heterocycles. The highest BCUT2D eigenvalue weighted by Gasteiger charge is 2.25. The summed E-state index contributed by atoms with van der Waals surface area (Å²) in [5, 5.41) is 0.555. The molecule has 1 heterocycles. The van der Waals surface area contributed by atoms with E-state index in [-0.39, 0.29) is 11.4 Å². The maximum absolute atomic E-state index is 13.3. The molecule has 2 aromatic carbocycles. The van der Waals surface area contributed by atoms with E-state index in [9.17, 15) is 8.42 Å². The van der Waals surface area contributed by atoms with Crippen molar-refractivity contribution in [2.75, 3.05) is 4.31 Å². The number of sulfonamides is 1. The first kappa shape index (κ1) is 18.4. The topological polar surface area (TPSA) is 50.3 Å². The van der Waals surface area contributed by atoms with Gasteiger partial charge in [0.15, 0.2) is 0 Å². The summed E-state index contributed by atoms with van der Waals surface area (Å²) in [6.45, 7) is 2.22. The fourth-order valence-corrected chi connectivity index (χ4v) is 4.18. The van der Waals surface area contributed by atoms with Crippen molar-refractivity contribution in [2.24, 2.45) is 0 Å². The summed E-state index contributed by atoms with van der Waals surface area (Å²) in [6.07, 6.45) is 4.18. The molecule has 3 aromatic rings. The standard InChI is InChI=1S/C20H19ClN2O2S/c1-2-16-5-11-20(12-6-16)26(24,25)23(15-17-4-3-13-22-14-17)19-9-7-18(21)8-10-19/h3-14H,2,15H2,1H3. The lowest BCUT2D eigenvalue weighted by molar-refractivity contribution is 0.590. The lowest BCUT2D eigenvalue weighted by Gasteiger charge is -2.25. The zero-order valence-electron chi connectivity index (χ0n) is 14.3. The Labute approximate surface area is 159 Å². The van der Waals surface area contributed by atoms with Crippen LogP contribution in [0.2, 0.25) is 5.02 Å². The fourth-order valence-electron chi connectivity index (χ4n) is 2.60. The van der Waals surface area contributed by atoms with Gasteiger partial charge in [-0.3, -0.25) is 9.29 Å². The molecule has 0 aliphatic rings. The van der Waals surface area contributed by atoms with E-state index in [2.05, 4.69) is 4.98 Å². The quantitative estimate of drug-likeness (QED) is 0.617. The van der Waals surface area contributed by atoms with E-state index in [4.69, 9.17) is 11.6 Å². The van der Waals surface area contributed by atoms with Gasteiger partial charge in [-0.25, -0.2) is 8.42 Å². The first-order valence-electron chi connectivity index (χ1n) is 8.27. The molecule has 0 atom stereocenters. The molecule has 6 heteroatoms. The maximum atomic E-state index is 13.3. The monoisotopic (exact) mass is 386 g/mol. The van der Waals surface area contributed by atoms with E-state index in [1.165, 1.54) is 4.31 Å². The number of hydrogen-bond donors (Lipinski definition) is 0. The van der Waals surface area contributed by atoms with Crippen LogP contribution in [0.15, 0.2) is 78.0 Å². The first-order chi connectivity index (χ1) is 12.5. The molecular weight excluding hydrogens is 368 g/mol. The van der Waals surface area contributed by atoms with Gasteiger partial charge in [-0.15, -0.1) is 0 Å². The van der Waals surface area contributed by atoms with Crippen LogP contribution in [-0.2, 0) is 23.0 Å². The second-order valence-corrected chi connectivity index (χ2v) is 8.15. The van der Waals surface area contributed by atoms with Gasteiger partial charge >= 0.3 is 0 Å². The fraction of sp³-hybridized carbons (Fsp3) is 0.150. The molecule has 0 spiro atoms. The Morgan fingerprint density at radius 1 is 0.962 bits per heavy atom. The van der Waals surface area contributed by atoms with Crippen LogP contribution < -0.4 is 4.31 Å². The Balaban J connectivity index is 2.04. The third-order valence-corrected chi connectivity index (χ3v) is 6.12. The number of benzene rings is 2. The number of aryl methyl sites for hydroxylation is 1. The van der Waals surface area contributed by atoms with Crippen molar-refractivity contribution in [1.29, 1.82) is 0 Å². The third-order valence-electron chi connectivity index (χ3n) is 4.08. The molecule has 4 nitrogen and oxygen atoms in total. The van der Waals surface area contributed by atoms with Gasteiger partial charge in [0.1, 0.15) is 0 Å². The predicted molar refractivity (Wildman–Crippen MR) is 105 cm³/mol. The van der Waals surface area contributed by atoms with Crippen LogP contribution in [0.4, 0.5) is 5.69 Å². The summed E-state index contributed by atoms with van der Waals surface area (Å²) in [7, 11) is -3.73. The molecule has 0 bridgehead atoms. The number of pyridine rings is 1. The van der Waals surface area contributed by atoms with Crippen LogP contribution >= 0.6 is 11.6 Å². The molecule has 0 unspecified atom stereocenters. The van der Waals surface area contributed by atoms with E-state index < -0.39 is 10.0 Å². The molecule has 26 heavy (non-hydrogen) atoms. The van der Waals surface area contributed by atoms with Gasteiger partial charge in [0.2, 0.25) is 0 Å². The zero-order valence-corrected chi connectivity index (χ0v) is 15.9. The first-order valence-corrected chi connectivity index (χ1v) is 10.1. The van der Waals surface area contributed by atoms with Crippen molar-refractivity contribution in [3.63, 3.8) is 0 Å². The van der Waals surface area contributed by atoms with E-state index >= 15 is 0 Å². The number of aromatic nitrogens is 1. The smallest absolute Gasteiger partial charge is 0.264 e. The van der Waals surface area contributed by atoms with Crippen molar-refractivity contribution in [3.05, 3.63) is 89.2 Å². The van der Waals surface area contributed by atoms with Crippen molar-refractivity contribution < 1.29 is 8.42 Å². The number of halogens is 1. The molecule has 0 aliphatic heterocycles. The van der Waals surface area contributed by atoms with Crippen molar-refractivity contribution in [3.8, 4) is 0 Å². The highest BCUT2D eigenvalue weighted by molar-refractivity contribution is 7.92. The van der Waals surface area contributed by atoms with Gasteiger partial charge in [0.05, 0.1) is 17.1 Å². The summed E-state index contributed by atoms with van der Waals surface area (Å²) >= 11 is 5.96. The summed E-state index contributed by atoms with van der Waals surface area (Å²) in [5.74, 6) is 0. The zero-order chi connectivity index (χ0) is 18.6. The minimum atomic E-state index is -3.73. The number of rotatable bonds is 6. The summed E-state index contributed by atoms with van der Waals surface area (Å²) < 4.78 is 28.0. The second-order valence-electron chi connectivity index (χ2n) is 5.85. The van der Waals surface area contributed by atoms with Crippen LogP contribution in [0, 0.1) is 0 Å². The minimum Gasteiger partial charge on any atom is -0.264 e. The van der Waals surface area contributed by atoms with Crippen molar-refractivity contribution in [1.82, 2.24) is 4.98 Å². The average Bonchev–Trinajstić information content (AvgIpc) is 2.68. The van der Waals surface area contributed by atoms with Gasteiger partial charge in [0, 0.05) is 17.4 Å². The molecule has 0 radical (unpaired) electrons. The highest BCUT2D eigenvalue weighted by Crippen LogP contribution is 2.27. The molecule has 3 rings (SSSR count). The molecular formula is C20H19ClN2O2S. The predicted octanol–water partition coefficient (Wildman–Crippen LogP) is 4.69. The SMILES string of the molecule is CCc1ccc(S(=O)(=O)N(Cc2cccnc2)c2ccc(Cl)cc2)cc1. The Bertz CT molecular complexity index is 957. The van der Waals surface area contributed by atoms with E-state index in [1.54, 1.807) is 54.9 Å². The second kappa shape index (κ2) is 7.89. The minimum absolute atomic E-state index is 0.188. The lowest BCUT2D eigenvalue weighted by Crippen LogP contribution is -2.30. The number of nitrogens with zero attached hydrogens (tertiary/aromatic N) is 2. The highest BCUT2D eigenvalue weighted by atomic mass is 35.5. The van der Waals surface area contributed by atoms with Gasteiger partial charge in [-0.05, 0) is 60.0 Å². The van der Waals surface area contributed by atoms with Crippen LogP contribution in [0.1, 0.15) is 18.1 Å². The van der Waals surface area contributed by atoms with Crippen LogP contribution in [0.3, 0.4) is 0 Å². The lowest BCUT2D eigenvalue weighted by atomic mass is 10.2. The van der Waals surface area contributed by atoms with E-state index in [0.29, 0.717) is 10.7 Å². The number of hydrogen-bond acceptors (Lipinski definition) is 3. The Hall–Kier alpha value is -2.37.